The summed E-state index contributed by atoms with van der Waals surface area (Å²) in [6.45, 7) is 0. The predicted octanol–water partition coefficient (Wildman–Crippen LogP) is 1.69. The molecule has 0 aromatic heterocycles. The molecule has 0 aliphatic rings. The quantitative estimate of drug-likeness (QED) is 0.650. The molecule has 0 aliphatic heterocycles. The highest BCUT2D eigenvalue weighted by molar-refractivity contribution is 9.10. The fourth-order valence-corrected chi connectivity index (χ4v) is 1.65. The topological polar surface area (TPSA) is 84.4 Å². The van der Waals surface area contributed by atoms with Gasteiger partial charge >= 0.3 is 10.0 Å². The van der Waals surface area contributed by atoms with E-state index in [1.54, 1.807) is 12.1 Å². The van der Waals surface area contributed by atoms with Crippen molar-refractivity contribution in [3.8, 4) is 0 Å². The molecule has 0 fully saturated rings. The van der Waals surface area contributed by atoms with Gasteiger partial charge in [-0.2, -0.15) is 8.42 Å². The van der Waals surface area contributed by atoms with E-state index in [-0.39, 0.29) is 4.90 Å². The maximum Gasteiger partial charge on any atom is 0.355 e. The first kappa shape index (κ1) is 10.0. The van der Waals surface area contributed by atoms with Crippen molar-refractivity contribution in [2.45, 2.75) is 4.90 Å². The average molecular weight is 263 g/mol. The van der Waals surface area contributed by atoms with Crippen LogP contribution in [0.15, 0.2) is 38.2 Å². The molecule has 0 saturated heterocycles. The van der Waals surface area contributed by atoms with Crippen molar-refractivity contribution in [1.82, 2.24) is 4.91 Å². The van der Waals surface area contributed by atoms with Crippen LogP contribution in [0.1, 0.15) is 0 Å². The second kappa shape index (κ2) is 3.78. The van der Waals surface area contributed by atoms with Crippen molar-refractivity contribution in [2.24, 2.45) is 4.52 Å². The molecule has 0 radical (unpaired) electrons. The number of hydrogen-bond acceptors (Lipinski definition) is 3. The van der Waals surface area contributed by atoms with Crippen LogP contribution >= 0.6 is 15.9 Å². The Labute approximate surface area is 83.2 Å². The van der Waals surface area contributed by atoms with Crippen LogP contribution < -0.4 is 4.91 Å². The van der Waals surface area contributed by atoms with Gasteiger partial charge in [-0.25, -0.2) is 0 Å². The first-order chi connectivity index (χ1) is 6.06. The number of halogens is 1. The van der Waals surface area contributed by atoms with E-state index in [0.717, 1.165) is 4.47 Å². The number of benzene rings is 1. The van der Waals surface area contributed by atoms with Crippen LogP contribution in [0.2, 0.25) is 0 Å². The van der Waals surface area contributed by atoms with E-state index in [0.29, 0.717) is 0 Å². The van der Waals surface area contributed by atoms with Gasteiger partial charge < -0.3 is 0 Å². The Kier molecular flexibility index (Phi) is 2.92. The number of rotatable bonds is 2. The molecule has 68 valence electrons. The summed E-state index contributed by atoms with van der Waals surface area (Å²) in [5.74, 6) is 0. The van der Waals surface area contributed by atoms with Gasteiger partial charge in [0.05, 0.1) is 4.90 Å². The van der Waals surface area contributed by atoms with Crippen LogP contribution in [0.25, 0.3) is 0 Å². The minimum Gasteiger partial charge on any atom is -0.193 e. The molecule has 0 unspecified atom stereocenters. The smallest absolute Gasteiger partial charge is 0.193 e. The van der Waals surface area contributed by atoms with E-state index in [1.165, 1.54) is 12.1 Å². The maximum absolute atomic E-state index is 11.1. The summed E-state index contributed by atoms with van der Waals surface area (Å²) < 4.78 is 25.9. The Morgan fingerprint density at radius 3 is 2.31 bits per heavy atom. The summed E-state index contributed by atoms with van der Waals surface area (Å²) in [4.78, 5) is 2.50. The largest absolute Gasteiger partial charge is 0.355 e. The Morgan fingerprint density at radius 1 is 1.31 bits per heavy atom. The van der Waals surface area contributed by atoms with Crippen LogP contribution in [-0.2, 0) is 10.0 Å². The molecule has 0 amide bonds. The molecule has 1 aromatic rings. The third-order valence-corrected chi connectivity index (χ3v) is 2.95. The monoisotopic (exact) mass is 262 g/mol. The molecule has 7 heteroatoms. The highest BCUT2D eigenvalue weighted by Gasteiger charge is 2.17. The molecular weight excluding hydrogens is 258 g/mol. The highest BCUT2D eigenvalue weighted by atomic mass is 79.9. The van der Waals surface area contributed by atoms with Gasteiger partial charge in [0.15, 0.2) is 0 Å². The van der Waals surface area contributed by atoms with E-state index in [2.05, 4.69) is 25.4 Å². The zero-order valence-electron chi connectivity index (χ0n) is 6.31. The van der Waals surface area contributed by atoms with Crippen molar-refractivity contribution in [3.05, 3.63) is 28.7 Å². The number of nitrogens with zero attached hydrogens (tertiary/aromatic N) is 2. The Hall–Kier alpha value is -1.04. The second-order valence-electron chi connectivity index (χ2n) is 2.11. The Bertz CT molecular complexity index is 447. The van der Waals surface area contributed by atoms with Gasteiger partial charge in [-0.05, 0) is 24.3 Å². The van der Waals surface area contributed by atoms with Crippen LogP contribution in [0.4, 0.5) is 0 Å². The fraction of sp³-hybridized carbons (Fsp3) is 0. The summed E-state index contributed by atoms with van der Waals surface area (Å²) in [6, 6.07) is 5.92. The zero-order chi connectivity index (χ0) is 9.90. The Morgan fingerprint density at radius 2 is 1.85 bits per heavy atom. The highest BCUT2D eigenvalue weighted by Crippen LogP contribution is 2.15. The summed E-state index contributed by atoms with van der Waals surface area (Å²) in [5, 5.41) is 0. The predicted molar refractivity (Wildman–Crippen MR) is 48.6 cm³/mol. The summed E-state index contributed by atoms with van der Waals surface area (Å²) in [7, 11) is -3.78. The molecule has 0 heterocycles. The fourth-order valence-electron chi connectivity index (χ4n) is 0.707. The van der Waals surface area contributed by atoms with Gasteiger partial charge in [0.25, 0.3) is 4.52 Å². The molecule has 1 N–H and O–H groups in total. The molecule has 5 nitrogen and oxygen atoms in total. The normalized spacial score (nSPS) is 10.5. The van der Waals surface area contributed by atoms with Crippen LogP contribution in [0, 0.1) is 5.53 Å². The average Bonchev–Trinajstić information content (AvgIpc) is 2.05. The van der Waals surface area contributed by atoms with Crippen LogP contribution in [-0.4, -0.2) is 8.42 Å². The molecule has 0 aliphatic carbocycles. The number of nitrogens with one attached hydrogen (secondary N) is 1. The van der Waals surface area contributed by atoms with E-state index < -0.39 is 10.0 Å². The van der Waals surface area contributed by atoms with Crippen molar-refractivity contribution in [1.29, 1.82) is 5.53 Å². The third-order valence-electron chi connectivity index (χ3n) is 1.26. The lowest BCUT2D eigenvalue weighted by atomic mass is 10.4. The summed E-state index contributed by atoms with van der Waals surface area (Å²) in [6.07, 6.45) is 0. The third kappa shape index (κ3) is 2.45. The SMILES string of the molecule is N=[N+]=NS(=O)(=O)c1ccc(Br)cc1. The van der Waals surface area contributed by atoms with Gasteiger partial charge in [-0.15, -0.1) is 0 Å². The summed E-state index contributed by atoms with van der Waals surface area (Å²) in [5.41, 5.74) is 6.32. The summed E-state index contributed by atoms with van der Waals surface area (Å²) >= 11 is 3.17. The van der Waals surface area contributed by atoms with Crippen LogP contribution in [0.5, 0.6) is 0 Å². The van der Waals surface area contributed by atoms with Crippen LogP contribution in [0.3, 0.4) is 0 Å². The first-order valence-corrected chi connectivity index (χ1v) is 5.39. The lowest BCUT2D eigenvalue weighted by Gasteiger charge is -1.92. The van der Waals surface area contributed by atoms with Gasteiger partial charge in [0.1, 0.15) is 5.53 Å². The van der Waals surface area contributed by atoms with Crippen molar-refractivity contribution >= 4 is 26.0 Å². The van der Waals surface area contributed by atoms with Crippen molar-refractivity contribution in [2.75, 3.05) is 0 Å². The zero-order valence-corrected chi connectivity index (χ0v) is 8.71. The maximum atomic E-state index is 11.1. The van der Waals surface area contributed by atoms with Gasteiger partial charge in [0, 0.05) is 4.47 Å². The molecule has 0 saturated carbocycles. The molecule has 0 atom stereocenters. The molecular formula is C6H5BrN3O2S+. The van der Waals surface area contributed by atoms with E-state index in [4.69, 9.17) is 5.53 Å². The number of hydrogen-bond donors (Lipinski definition) is 1. The van der Waals surface area contributed by atoms with Gasteiger partial charge in [0.2, 0.25) is 4.91 Å². The van der Waals surface area contributed by atoms with Gasteiger partial charge in [-0.1, -0.05) is 15.9 Å². The molecule has 13 heavy (non-hydrogen) atoms. The standard InChI is InChI=1S/C6H5BrN3O2S/c7-5-1-3-6(4-2-5)13(11,12)10-9-8/h1-4,8H/q+1. The van der Waals surface area contributed by atoms with E-state index >= 15 is 0 Å². The number of sulfonamides is 1. The van der Waals surface area contributed by atoms with E-state index in [1.807, 2.05) is 0 Å². The lowest BCUT2D eigenvalue weighted by molar-refractivity contribution is 0.594. The van der Waals surface area contributed by atoms with E-state index in [9.17, 15) is 8.42 Å². The molecule has 0 spiro atoms. The van der Waals surface area contributed by atoms with Gasteiger partial charge in [-0.3, -0.25) is 0 Å². The Balaban J connectivity index is 3.24. The lowest BCUT2D eigenvalue weighted by Crippen LogP contribution is -1.95. The first-order valence-electron chi connectivity index (χ1n) is 3.15. The second-order valence-corrected chi connectivity index (χ2v) is 4.61. The molecule has 0 bridgehead atoms. The minimum absolute atomic E-state index is 0.0201. The van der Waals surface area contributed by atoms with Crippen molar-refractivity contribution < 1.29 is 8.42 Å². The van der Waals surface area contributed by atoms with Crippen molar-refractivity contribution in [3.63, 3.8) is 0 Å². The molecule has 1 aromatic carbocycles. The molecule has 1 rings (SSSR count). The minimum atomic E-state index is -3.78.